The number of hydrogen-bond donors (Lipinski definition) is 1. The van der Waals surface area contributed by atoms with Gasteiger partial charge in [-0.2, -0.15) is 0 Å². The van der Waals surface area contributed by atoms with Crippen LogP contribution in [-0.4, -0.2) is 41.3 Å². The number of nitrogens with zero attached hydrogens (tertiary/aromatic N) is 1. The molecule has 82 valence electrons. The van der Waals surface area contributed by atoms with Crippen molar-refractivity contribution >= 4 is 11.6 Å². The van der Waals surface area contributed by atoms with E-state index in [1.165, 1.54) is 0 Å². The first-order valence-electron chi connectivity index (χ1n) is 4.77. The average Bonchev–Trinajstić information content (AvgIpc) is 2.08. The van der Waals surface area contributed by atoms with Gasteiger partial charge in [-0.25, -0.2) is 0 Å². The normalized spacial score (nSPS) is 13.6. The van der Waals surface area contributed by atoms with E-state index < -0.39 is 5.56 Å². The van der Waals surface area contributed by atoms with Crippen molar-refractivity contribution < 1.29 is 22.0 Å². The van der Waals surface area contributed by atoms with Gasteiger partial charge in [-0.1, -0.05) is 11.6 Å². The van der Waals surface area contributed by atoms with Crippen molar-refractivity contribution in [2.75, 3.05) is 26.2 Å². The Balaban J connectivity index is 0. The molecule has 0 saturated carbocycles. The molecule has 4 heteroatoms. The van der Waals surface area contributed by atoms with E-state index in [4.69, 9.17) is 16.7 Å². The molecule has 0 aliphatic carbocycles. The maximum Gasteiger partial charge on any atom is 0.133 e. The number of aliphatic hydroxyl groups excluding tert-OH is 1. The molecule has 13 heavy (non-hydrogen) atoms. The van der Waals surface area contributed by atoms with E-state index in [0.717, 1.165) is 30.7 Å². The zero-order valence-electron chi connectivity index (χ0n) is 8.76. The summed E-state index contributed by atoms with van der Waals surface area (Å²) in [5.41, 5.74) is -0.674. The molecule has 0 aliphatic heterocycles. The second-order valence-electron chi connectivity index (χ2n) is 3.24. The standard InChI is InChI=1S/C9H21ClNO.ClH/c1-4-11(5-2,6-3)8-7-9(10)12;/h9,12H,4-8H2,1-3H3;1H/q+1;/p-1. The van der Waals surface area contributed by atoms with Crippen LogP contribution in [0.2, 0.25) is 0 Å². The Morgan fingerprint density at radius 2 is 1.54 bits per heavy atom. The monoisotopic (exact) mass is 229 g/mol. The molecular formula is C9H21Cl2NO. The van der Waals surface area contributed by atoms with Crippen LogP contribution >= 0.6 is 11.6 Å². The first kappa shape index (κ1) is 15.9. The van der Waals surface area contributed by atoms with Crippen LogP contribution in [0.4, 0.5) is 0 Å². The molecule has 0 bridgehead atoms. The molecule has 0 aliphatic rings. The van der Waals surface area contributed by atoms with Crippen LogP contribution in [-0.2, 0) is 0 Å². The lowest BCUT2D eigenvalue weighted by atomic mass is 10.3. The second-order valence-corrected chi connectivity index (χ2v) is 3.74. The first-order valence-corrected chi connectivity index (χ1v) is 5.21. The van der Waals surface area contributed by atoms with E-state index in [-0.39, 0.29) is 12.4 Å². The summed E-state index contributed by atoms with van der Waals surface area (Å²) in [6.45, 7) is 10.9. The van der Waals surface area contributed by atoms with Crippen LogP contribution in [0.15, 0.2) is 0 Å². The maximum absolute atomic E-state index is 8.96. The summed E-state index contributed by atoms with van der Waals surface area (Å²) < 4.78 is 1.06. The highest BCUT2D eigenvalue weighted by Gasteiger charge is 2.20. The maximum atomic E-state index is 8.96. The highest BCUT2D eigenvalue weighted by Crippen LogP contribution is 2.09. The van der Waals surface area contributed by atoms with Gasteiger partial charge in [0.05, 0.1) is 26.2 Å². The van der Waals surface area contributed by atoms with Crippen LogP contribution in [0.1, 0.15) is 27.2 Å². The van der Waals surface area contributed by atoms with E-state index in [2.05, 4.69) is 20.8 Å². The topological polar surface area (TPSA) is 20.2 Å². The Labute approximate surface area is 92.9 Å². The fourth-order valence-corrected chi connectivity index (χ4v) is 1.62. The summed E-state index contributed by atoms with van der Waals surface area (Å²) in [5.74, 6) is 0. The van der Waals surface area contributed by atoms with Crippen LogP contribution in [0, 0.1) is 0 Å². The third kappa shape index (κ3) is 5.74. The van der Waals surface area contributed by atoms with E-state index in [9.17, 15) is 0 Å². The molecule has 0 rings (SSSR count). The van der Waals surface area contributed by atoms with Crippen molar-refractivity contribution in [1.82, 2.24) is 0 Å². The molecule has 2 nitrogen and oxygen atoms in total. The Kier molecular flexibility index (Phi) is 9.65. The Hall–Kier alpha value is 0.500. The van der Waals surface area contributed by atoms with Crippen molar-refractivity contribution in [3.05, 3.63) is 0 Å². The largest absolute Gasteiger partial charge is 1.00 e. The van der Waals surface area contributed by atoms with Gasteiger partial charge in [0.25, 0.3) is 0 Å². The fourth-order valence-electron chi connectivity index (χ4n) is 1.53. The molecular weight excluding hydrogens is 209 g/mol. The predicted molar refractivity (Wildman–Crippen MR) is 53.2 cm³/mol. The third-order valence-corrected chi connectivity index (χ3v) is 3.07. The molecule has 0 aromatic carbocycles. The molecule has 0 aromatic rings. The van der Waals surface area contributed by atoms with Crippen LogP contribution in [0.5, 0.6) is 0 Å². The summed E-state index contributed by atoms with van der Waals surface area (Å²) in [6, 6.07) is 0. The Morgan fingerprint density at radius 3 is 1.77 bits per heavy atom. The van der Waals surface area contributed by atoms with Gasteiger partial charge in [-0.15, -0.1) is 0 Å². The smallest absolute Gasteiger partial charge is 0.133 e. The lowest BCUT2D eigenvalue weighted by Gasteiger charge is -2.36. The highest BCUT2D eigenvalue weighted by atomic mass is 35.5. The minimum Gasteiger partial charge on any atom is -1.00 e. The van der Waals surface area contributed by atoms with Gasteiger partial charge < -0.3 is 22.0 Å². The van der Waals surface area contributed by atoms with Crippen LogP contribution in [0.25, 0.3) is 0 Å². The Morgan fingerprint density at radius 1 is 1.15 bits per heavy atom. The number of rotatable bonds is 6. The molecule has 0 saturated heterocycles. The van der Waals surface area contributed by atoms with E-state index in [1.54, 1.807) is 0 Å². The number of quaternary nitrogens is 1. The lowest BCUT2D eigenvalue weighted by Crippen LogP contribution is -3.00. The molecule has 0 radical (unpaired) electrons. The van der Waals surface area contributed by atoms with Gasteiger partial charge in [0.1, 0.15) is 5.56 Å². The van der Waals surface area contributed by atoms with Gasteiger partial charge in [0.15, 0.2) is 0 Å². The van der Waals surface area contributed by atoms with Crippen molar-refractivity contribution in [2.24, 2.45) is 0 Å². The molecule has 1 unspecified atom stereocenters. The summed E-state index contributed by atoms with van der Waals surface area (Å²) in [4.78, 5) is 0. The van der Waals surface area contributed by atoms with Gasteiger partial charge >= 0.3 is 0 Å². The fraction of sp³-hybridized carbons (Fsp3) is 1.00. The Bertz CT molecular complexity index is 108. The zero-order chi connectivity index (χ0) is 9.61. The van der Waals surface area contributed by atoms with Crippen molar-refractivity contribution in [3.8, 4) is 0 Å². The van der Waals surface area contributed by atoms with Crippen molar-refractivity contribution in [1.29, 1.82) is 0 Å². The van der Waals surface area contributed by atoms with E-state index in [0.29, 0.717) is 6.42 Å². The van der Waals surface area contributed by atoms with Crippen LogP contribution < -0.4 is 12.4 Å². The molecule has 0 amide bonds. The van der Waals surface area contributed by atoms with Gasteiger partial charge in [-0.05, 0) is 20.8 Å². The zero-order valence-corrected chi connectivity index (χ0v) is 10.3. The first-order chi connectivity index (χ1) is 5.60. The molecule has 0 heterocycles. The molecule has 0 spiro atoms. The number of alkyl halides is 1. The van der Waals surface area contributed by atoms with Crippen LogP contribution in [0.3, 0.4) is 0 Å². The highest BCUT2D eigenvalue weighted by molar-refractivity contribution is 6.19. The summed E-state index contributed by atoms with van der Waals surface area (Å²) in [6.07, 6.45) is 0.692. The predicted octanol–water partition coefficient (Wildman–Crippen LogP) is -1.19. The van der Waals surface area contributed by atoms with Gasteiger partial charge in [0.2, 0.25) is 0 Å². The average molecular weight is 230 g/mol. The summed E-state index contributed by atoms with van der Waals surface area (Å²) >= 11 is 5.50. The summed E-state index contributed by atoms with van der Waals surface area (Å²) in [7, 11) is 0. The minimum atomic E-state index is -0.674. The number of aliphatic hydroxyl groups is 1. The SMILES string of the molecule is CC[N+](CC)(CC)CCC(O)Cl.[Cl-]. The molecule has 1 atom stereocenters. The lowest BCUT2D eigenvalue weighted by molar-refractivity contribution is -0.923. The number of halogens is 2. The molecule has 0 fully saturated rings. The third-order valence-electron chi connectivity index (χ3n) is 2.85. The van der Waals surface area contributed by atoms with Crippen molar-refractivity contribution in [2.45, 2.75) is 32.8 Å². The second kappa shape index (κ2) is 7.86. The van der Waals surface area contributed by atoms with Gasteiger partial charge in [-0.3, -0.25) is 0 Å². The van der Waals surface area contributed by atoms with Gasteiger partial charge in [0, 0.05) is 6.42 Å². The molecule has 0 aromatic heterocycles. The van der Waals surface area contributed by atoms with Crippen molar-refractivity contribution in [3.63, 3.8) is 0 Å². The summed E-state index contributed by atoms with van der Waals surface area (Å²) in [5, 5.41) is 8.96. The number of hydrogen-bond acceptors (Lipinski definition) is 1. The van der Waals surface area contributed by atoms with E-state index >= 15 is 0 Å². The minimum absolute atomic E-state index is 0. The van der Waals surface area contributed by atoms with E-state index in [1.807, 2.05) is 0 Å². The quantitative estimate of drug-likeness (QED) is 0.449. The molecule has 1 N–H and O–H groups in total.